The summed E-state index contributed by atoms with van der Waals surface area (Å²) in [7, 11) is 0. The minimum atomic E-state index is -0.214. The number of halogens is 1. The molecule has 0 spiro atoms. The predicted molar refractivity (Wildman–Crippen MR) is 73.3 cm³/mol. The minimum absolute atomic E-state index is 0.214. The van der Waals surface area contributed by atoms with Gasteiger partial charge in [-0.2, -0.15) is 0 Å². The number of aromatic nitrogens is 3. The molecule has 1 aromatic carbocycles. The summed E-state index contributed by atoms with van der Waals surface area (Å²) < 4.78 is 0.805. The largest absolute Gasteiger partial charge is 0.317 e. The van der Waals surface area contributed by atoms with E-state index >= 15 is 0 Å². The second-order valence-corrected chi connectivity index (χ2v) is 4.72. The third-order valence-corrected chi connectivity index (χ3v) is 3.00. The Morgan fingerprint density at radius 3 is 2.72 bits per heavy atom. The van der Waals surface area contributed by atoms with Crippen molar-refractivity contribution >= 4 is 27.1 Å². The average Bonchev–Trinajstić information content (AvgIpc) is 2.39. The molecule has 0 fully saturated rings. The smallest absolute Gasteiger partial charge is 0.275 e. The first-order valence-corrected chi connectivity index (χ1v) is 6.14. The van der Waals surface area contributed by atoms with E-state index in [1.54, 1.807) is 12.3 Å². The molecule has 18 heavy (non-hydrogen) atoms. The maximum Gasteiger partial charge on any atom is 0.275 e. The zero-order valence-electron chi connectivity index (χ0n) is 9.22. The van der Waals surface area contributed by atoms with Gasteiger partial charge < -0.3 is 4.98 Å². The number of rotatable bonds is 1. The number of nitrogens with one attached hydrogen (secondary N) is 1. The second kappa shape index (κ2) is 4.34. The first-order chi connectivity index (χ1) is 8.74. The molecule has 88 valence electrons. The maximum atomic E-state index is 12.0. The molecular formula is C13H8BrN3O. The summed E-state index contributed by atoms with van der Waals surface area (Å²) in [6.45, 7) is 0. The van der Waals surface area contributed by atoms with Crippen LogP contribution >= 0.6 is 15.9 Å². The Hall–Kier alpha value is -2.01. The maximum absolute atomic E-state index is 12.0. The van der Waals surface area contributed by atoms with Gasteiger partial charge in [0.2, 0.25) is 0 Å². The van der Waals surface area contributed by atoms with E-state index in [-0.39, 0.29) is 5.56 Å². The number of hydrogen-bond acceptors (Lipinski definition) is 3. The van der Waals surface area contributed by atoms with Crippen LogP contribution in [0.15, 0.2) is 51.9 Å². The van der Waals surface area contributed by atoms with Gasteiger partial charge in [0.05, 0.1) is 5.52 Å². The first-order valence-electron chi connectivity index (χ1n) is 5.35. The average molecular weight is 302 g/mol. The van der Waals surface area contributed by atoms with Crippen LogP contribution in [0.4, 0.5) is 0 Å². The molecule has 3 rings (SSSR count). The fourth-order valence-corrected chi connectivity index (χ4v) is 2.07. The predicted octanol–water partition coefficient (Wildman–Crippen LogP) is 2.75. The zero-order valence-corrected chi connectivity index (χ0v) is 10.8. The third-order valence-electron chi connectivity index (χ3n) is 2.56. The van der Waals surface area contributed by atoms with Crippen LogP contribution in [0.2, 0.25) is 0 Å². The van der Waals surface area contributed by atoms with Gasteiger partial charge in [0.15, 0.2) is 5.65 Å². The normalized spacial score (nSPS) is 10.7. The van der Waals surface area contributed by atoms with Gasteiger partial charge in [-0.3, -0.25) is 4.79 Å². The van der Waals surface area contributed by atoms with Gasteiger partial charge in [0.25, 0.3) is 5.56 Å². The molecule has 4 nitrogen and oxygen atoms in total. The summed E-state index contributed by atoms with van der Waals surface area (Å²) >= 11 is 3.31. The van der Waals surface area contributed by atoms with E-state index in [1.807, 2.05) is 30.3 Å². The van der Waals surface area contributed by atoms with Crippen LogP contribution in [0, 0.1) is 0 Å². The van der Waals surface area contributed by atoms with Crippen LogP contribution in [0.3, 0.4) is 0 Å². The van der Waals surface area contributed by atoms with E-state index in [1.165, 1.54) is 0 Å². The molecule has 0 saturated carbocycles. The van der Waals surface area contributed by atoms with E-state index in [2.05, 4.69) is 30.9 Å². The van der Waals surface area contributed by atoms with Crippen LogP contribution in [-0.2, 0) is 0 Å². The van der Waals surface area contributed by atoms with Gasteiger partial charge in [-0.05, 0) is 22.0 Å². The van der Waals surface area contributed by atoms with Gasteiger partial charge in [0.1, 0.15) is 5.69 Å². The lowest BCUT2D eigenvalue weighted by Gasteiger charge is -2.02. The molecule has 0 saturated heterocycles. The highest BCUT2D eigenvalue weighted by atomic mass is 79.9. The van der Waals surface area contributed by atoms with Gasteiger partial charge in [-0.15, -0.1) is 0 Å². The van der Waals surface area contributed by atoms with Crippen LogP contribution in [0.1, 0.15) is 0 Å². The number of hydrogen-bond donors (Lipinski definition) is 1. The monoisotopic (exact) mass is 301 g/mol. The Kier molecular flexibility index (Phi) is 2.68. The lowest BCUT2D eigenvalue weighted by molar-refractivity contribution is 1.17. The molecule has 0 amide bonds. The van der Waals surface area contributed by atoms with E-state index in [0.717, 1.165) is 10.0 Å². The van der Waals surface area contributed by atoms with Gasteiger partial charge in [-0.1, -0.05) is 30.3 Å². The number of aromatic amines is 1. The van der Waals surface area contributed by atoms with Crippen molar-refractivity contribution in [1.82, 2.24) is 15.0 Å². The quantitative estimate of drug-likeness (QED) is 0.752. The number of fused-ring (bicyclic) bond motifs is 1. The number of nitrogens with zero attached hydrogens (tertiary/aromatic N) is 2. The zero-order chi connectivity index (χ0) is 12.5. The molecule has 0 unspecified atom stereocenters. The third kappa shape index (κ3) is 1.93. The van der Waals surface area contributed by atoms with E-state index in [9.17, 15) is 4.79 Å². The fourth-order valence-electron chi connectivity index (χ4n) is 1.74. The van der Waals surface area contributed by atoms with Gasteiger partial charge in [-0.25, -0.2) is 9.97 Å². The highest BCUT2D eigenvalue weighted by molar-refractivity contribution is 9.10. The molecule has 0 atom stereocenters. The Morgan fingerprint density at radius 1 is 1.17 bits per heavy atom. The van der Waals surface area contributed by atoms with Crippen molar-refractivity contribution in [3.05, 3.63) is 57.4 Å². The van der Waals surface area contributed by atoms with Crippen molar-refractivity contribution in [2.24, 2.45) is 0 Å². The van der Waals surface area contributed by atoms with Crippen molar-refractivity contribution in [1.29, 1.82) is 0 Å². The molecule has 0 aliphatic heterocycles. The van der Waals surface area contributed by atoms with Crippen molar-refractivity contribution in [2.75, 3.05) is 0 Å². The van der Waals surface area contributed by atoms with Crippen LogP contribution in [-0.4, -0.2) is 15.0 Å². The van der Waals surface area contributed by atoms with Crippen LogP contribution in [0.5, 0.6) is 0 Å². The standard InChI is InChI=1S/C13H8BrN3O/c14-9-6-10-12(15-7-9)17-11(13(18)16-10)8-4-2-1-3-5-8/h1-7H,(H,16,18). The van der Waals surface area contributed by atoms with Crippen LogP contribution < -0.4 is 5.56 Å². The Bertz CT molecular complexity index is 768. The molecule has 0 aliphatic rings. The lowest BCUT2D eigenvalue weighted by Crippen LogP contribution is -2.11. The minimum Gasteiger partial charge on any atom is -0.317 e. The second-order valence-electron chi connectivity index (χ2n) is 3.81. The Balaban J connectivity index is 2.29. The van der Waals surface area contributed by atoms with Crippen molar-refractivity contribution < 1.29 is 0 Å². The SMILES string of the molecule is O=c1[nH]c2cc(Br)cnc2nc1-c1ccccc1. The summed E-state index contributed by atoms with van der Waals surface area (Å²) in [5.74, 6) is 0. The summed E-state index contributed by atoms with van der Waals surface area (Å²) in [4.78, 5) is 23.3. The first kappa shape index (κ1) is 11.1. The highest BCUT2D eigenvalue weighted by Gasteiger charge is 2.07. The number of benzene rings is 1. The van der Waals surface area contributed by atoms with Gasteiger partial charge in [0, 0.05) is 16.2 Å². The van der Waals surface area contributed by atoms with E-state index < -0.39 is 0 Å². The molecular weight excluding hydrogens is 294 g/mol. The molecule has 1 N–H and O–H groups in total. The molecule has 2 heterocycles. The molecule has 0 aliphatic carbocycles. The highest BCUT2D eigenvalue weighted by Crippen LogP contribution is 2.16. The van der Waals surface area contributed by atoms with Crippen molar-refractivity contribution in [3.8, 4) is 11.3 Å². The molecule has 0 bridgehead atoms. The Labute approximate surface area is 111 Å². The number of H-pyrrole nitrogens is 1. The Morgan fingerprint density at radius 2 is 1.94 bits per heavy atom. The lowest BCUT2D eigenvalue weighted by atomic mass is 10.1. The summed E-state index contributed by atoms with van der Waals surface area (Å²) in [6, 6.07) is 11.1. The number of pyridine rings is 1. The molecule has 3 aromatic rings. The summed E-state index contributed by atoms with van der Waals surface area (Å²) in [6.07, 6.45) is 1.66. The van der Waals surface area contributed by atoms with Gasteiger partial charge >= 0.3 is 0 Å². The summed E-state index contributed by atoms with van der Waals surface area (Å²) in [5.41, 5.74) is 2.10. The van der Waals surface area contributed by atoms with Crippen molar-refractivity contribution in [3.63, 3.8) is 0 Å². The fraction of sp³-hybridized carbons (Fsp3) is 0. The topological polar surface area (TPSA) is 58.6 Å². The van der Waals surface area contributed by atoms with E-state index in [4.69, 9.17) is 0 Å². The van der Waals surface area contributed by atoms with Crippen molar-refractivity contribution in [2.45, 2.75) is 0 Å². The summed E-state index contributed by atoms with van der Waals surface area (Å²) in [5, 5.41) is 0. The molecule has 5 heteroatoms. The molecule has 0 radical (unpaired) electrons. The van der Waals surface area contributed by atoms with E-state index in [0.29, 0.717) is 16.9 Å². The molecule has 2 aromatic heterocycles. The van der Waals surface area contributed by atoms with Crippen LogP contribution in [0.25, 0.3) is 22.4 Å².